The SMILES string of the molecule is Cc1cc(-c2ncnc3nc(N4CCC(N(C)C)CC4)[nH]c23)ccc1CNC(=O)c1cnc(C(C)(C)C)s1. The van der Waals surface area contributed by atoms with Crippen LogP contribution in [0, 0.1) is 6.92 Å². The van der Waals surface area contributed by atoms with E-state index in [0.29, 0.717) is 23.1 Å². The number of nitrogens with one attached hydrogen (secondary N) is 2. The van der Waals surface area contributed by atoms with Gasteiger partial charge in [-0.25, -0.2) is 15.0 Å². The fourth-order valence-corrected chi connectivity index (χ4v) is 5.70. The summed E-state index contributed by atoms with van der Waals surface area (Å²) in [4.78, 5) is 39.7. The first-order valence-electron chi connectivity index (χ1n) is 13.1. The van der Waals surface area contributed by atoms with Crippen molar-refractivity contribution < 1.29 is 4.79 Å². The van der Waals surface area contributed by atoms with Crippen LogP contribution in [0.5, 0.6) is 0 Å². The van der Waals surface area contributed by atoms with E-state index in [1.54, 1.807) is 12.5 Å². The maximum absolute atomic E-state index is 12.7. The number of carbonyl (C=O) groups is 1. The molecule has 0 radical (unpaired) electrons. The Morgan fingerprint density at radius 3 is 2.61 bits per heavy atom. The number of fused-ring (bicyclic) bond motifs is 1. The Kier molecular flexibility index (Phi) is 7.19. The van der Waals surface area contributed by atoms with Crippen molar-refractivity contribution in [1.82, 2.24) is 35.1 Å². The molecule has 2 N–H and O–H groups in total. The molecule has 0 bridgehead atoms. The Morgan fingerprint density at radius 2 is 1.95 bits per heavy atom. The number of piperidine rings is 1. The van der Waals surface area contributed by atoms with Crippen LogP contribution in [0.15, 0.2) is 30.7 Å². The molecule has 1 saturated heterocycles. The van der Waals surface area contributed by atoms with Crippen LogP contribution in [-0.2, 0) is 12.0 Å². The lowest BCUT2D eigenvalue weighted by atomic mass is 9.98. The first kappa shape index (κ1) is 26.2. The average Bonchev–Trinajstić information content (AvgIpc) is 3.56. The molecule has 5 rings (SSSR count). The van der Waals surface area contributed by atoms with E-state index >= 15 is 0 Å². The number of hydrogen-bond acceptors (Lipinski definition) is 8. The van der Waals surface area contributed by atoms with Gasteiger partial charge in [0.1, 0.15) is 16.7 Å². The van der Waals surface area contributed by atoms with Crippen molar-refractivity contribution in [3.8, 4) is 11.3 Å². The molecular weight excluding hydrogens is 496 g/mol. The maximum atomic E-state index is 12.7. The lowest BCUT2D eigenvalue weighted by molar-refractivity contribution is 0.0954. The molecule has 9 nitrogen and oxygen atoms in total. The highest BCUT2D eigenvalue weighted by Crippen LogP contribution is 2.29. The summed E-state index contributed by atoms with van der Waals surface area (Å²) in [5.41, 5.74) is 5.41. The molecule has 0 spiro atoms. The smallest absolute Gasteiger partial charge is 0.263 e. The summed E-state index contributed by atoms with van der Waals surface area (Å²) in [5, 5.41) is 4.00. The molecule has 0 unspecified atom stereocenters. The van der Waals surface area contributed by atoms with E-state index in [-0.39, 0.29) is 11.3 Å². The Labute approximate surface area is 227 Å². The molecule has 3 aromatic heterocycles. The summed E-state index contributed by atoms with van der Waals surface area (Å²) < 4.78 is 0. The summed E-state index contributed by atoms with van der Waals surface area (Å²) in [6.45, 7) is 10.7. The highest BCUT2D eigenvalue weighted by Gasteiger charge is 2.24. The molecule has 200 valence electrons. The lowest BCUT2D eigenvalue weighted by Gasteiger charge is -2.34. The third-order valence-electron chi connectivity index (χ3n) is 7.20. The molecular formula is C28H36N8OS. The molecule has 1 fully saturated rings. The average molecular weight is 533 g/mol. The number of aromatic nitrogens is 5. The lowest BCUT2D eigenvalue weighted by Crippen LogP contribution is -2.42. The van der Waals surface area contributed by atoms with Gasteiger partial charge in [0.2, 0.25) is 5.95 Å². The van der Waals surface area contributed by atoms with E-state index in [4.69, 9.17) is 4.98 Å². The second-order valence-electron chi connectivity index (χ2n) is 11.3. The zero-order chi connectivity index (χ0) is 27.0. The standard InChI is InChI=1S/C28H36N8OS/c1-17-13-18(7-8-19(17)14-29-25(37)21-15-30-26(38-21)28(2,3)4)22-23-24(32-16-31-22)34-27(33-23)36-11-9-20(10-12-36)35(5)6/h7-8,13,15-16,20H,9-12,14H2,1-6H3,(H,29,37)(H,31,32,33,34). The summed E-state index contributed by atoms with van der Waals surface area (Å²) in [7, 11) is 4.29. The van der Waals surface area contributed by atoms with Gasteiger partial charge in [-0.3, -0.25) is 4.79 Å². The van der Waals surface area contributed by atoms with Gasteiger partial charge < -0.3 is 20.1 Å². The second kappa shape index (κ2) is 10.4. The fraction of sp³-hybridized carbons (Fsp3) is 0.464. The zero-order valence-corrected chi connectivity index (χ0v) is 23.8. The topological polar surface area (TPSA) is 103 Å². The minimum atomic E-state index is -0.0985. The number of nitrogens with zero attached hydrogens (tertiary/aromatic N) is 6. The third kappa shape index (κ3) is 5.42. The van der Waals surface area contributed by atoms with E-state index in [2.05, 4.69) is 89.0 Å². The van der Waals surface area contributed by atoms with Crippen molar-refractivity contribution >= 4 is 34.4 Å². The van der Waals surface area contributed by atoms with Crippen molar-refractivity contribution in [3.63, 3.8) is 0 Å². The first-order valence-corrected chi connectivity index (χ1v) is 13.9. The molecule has 0 saturated carbocycles. The Morgan fingerprint density at radius 1 is 1.18 bits per heavy atom. The Balaban J connectivity index is 1.30. The van der Waals surface area contributed by atoms with E-state index < -0.39 is 0 Å². The number of thiazole rings is 1. The van der Waals surface area contributed by atoms with Crippen molar-refractivity contribution in [2.75, 3.05) is 32.1 Å². The van der Waals surface area contributed by atoms with Crippen LogP contribution in [0.3, 0.4) is 0 Å². The number of imidazole rings is 1. The van der Waals surface area contributed by atoms with E-state index in [1.807, 2.05) is 6.07 Å². The number of rotatable bonds is 6. The van der Waals surface area contributed by atoms with Crippen molar-refractivity contribution in [1.29, 1.82) is 0 Å². The van der Waals surface area contributed by atoms with Gasteiger partial charge in [-0.1, -0.05) is 32.9 Å². The van der Waals surface area contributed by atoms with Gasteiger partial charge in [0.05, 0.1) is 16.9 Å². The molecule has 4 heterocycles. The molecule has 4 aromatic rings. The third-order valence-corrected chi connectivity index (χ3v) is 8.62. The van der Waals surface area contributed by atoms with Crippen LogP contribution in [0.1, 0.15) is 59.4 Å². The first-order chi connectivity index (χ1) is 18.1. The molecule has 0 atom stereocenters. The van der Waals surface area contributed by atoms with Crippen LogP contribution in [0.2, 0.25) is 0 Å². The number of carbonyl (C=O) groups excluding carboxylic acids is 1. The predicted molar refractivity (Wildman–Crippen MR) is 153 cm³/mol. The molecule has 1 aromatic carbocycles. The normalized spacial score (nSPS) is 15.0. The molecule has 1 aliphatic rings. The highest BCUT2D eigenvalue weighted by molar-refractivity contribution is 7.13. The van der Waals surface area contributed by atoms with Gasteiger partial charge in [-0.2, -0.15) is 4.98 Å². The number of H-pyrrole nitrogens is 1. The number of hydrogen-bond donors (Lipinski definition) is 2. The summed E-state index contributed by atoms with van der Waals surface area (Å²) in [5.74, 6) is 0.756. The van der Waals surface area contributed by atoms with Crippen molar-refractivity contribution in [3.05, 3.63) is 51.7 Å². The summed E-state index contributed by atoms with van der Waals surface area (Å²) in [6.07, 6.45) is 5.46. The van der Waals surface area contributed by atoms with Crippen LogP contribution in [0.4, 0.5) is 5.95 Å². The molecule has 1 amide bonds. The van der Waals surface area contributed by atoms with Crippen LogP contribution >= 0.6 is 11.3 Å². The minimum absolute atomic E-state index is 0.0691. The number of amides is 1. The predicted octanol–water partition coefficient (Wildman–Crippen LogP) is 4.54. The van der Waals surface area contributed by atoms with Crippen molar-refractivity contribution in [2.45, 2.75) is 58.5 Å². The number of benzene rings is 1. The van der Waals surface area contributed by atoms with E-state index in [0.717, 1.165) is 64.8 Å². The van der Waals surface area contributed by atoms with Gasteiger partial charge in [0.25, 0.3) is 5.91 Å². The summed E-state index contributed by atoms with van der Waals surface area (Å²) in [6, 6.07) is 6.82. The molecule has 1 aliphatic heterocycles. The van der Waals surface area contributed by atoms with Gasteiger partial charge in [0.15, 0.2) is 5.65 Å². The monoisotopic (exact) mass is 532 g/mol. The van der Waals surface area contributed by atoms with Gasteiger partial charge >= 0.3 is 0 Å². The summed E-state index contributed by atoms with van der Waals surface area (Å²) >= 11 is 1.45. The Hall–Kier alpha value is -3.37. The molecule has 10 heteroatoms. The molecule has 38 heavy (non-hydrogen) atoms. The van der Waals surface area contributed by atoms with Crippen LogP contribution < -0.4 is 10.2 Å². The minimum Gasteiger partial charge on any atom is -0.347 e. The molecule has 0 aliphatic carbocycles. The largest absolute Gasteiger partial charge is 0.347 e. The zero-order valence-electron chi connectivity index (χ0n) is 23.0. The van der Waals surface area contributed by atoms with Crippen LogP contribution in [0.25, 0.3) is 22.4 Å². The van der Waals surface area contributed by atoms with Gasteiger partial charge in [-0.15, -0.1) is 11.3 Å². The Bertz CT molecular complexity index is 1440. The van der Waals surface area contributed by atoms with E-state index in [9.17, 15) is 4.79 Å². The second-order valence-corrected chi connectivity index (χ2v) is 12.3. The van der Waals surface area contributed by atoms with Gasteiger partial charge in [-0.05, 0) is 51.1 Å². The highest BCUT2D eigenvalue weighted by atomic mass is 32.1. The number of aromatic amines is 1. The maximum Gasteiger partial charge on any atom is 0.263 e. The quantitative estimate of drug-likeness (QED) is 0.376. The van der Waals surface area contributed by atoms with Crippen LogP contribution in [-0.4, -0.2) is 69.0 Å². The van der Waals surface area contributed by atoms with E-state index in [1.165, 1.54) is 11.3 Å². The number of anilines is 1. The van der Waals surface area contributed by atoms with Gasteiger partial charge in [0, 0.05) is 36.7 Å². The van der Waals surface area contributed by atoms with Crippen molar-refractivity contribution in [2.24, 2.45) is 0 Å². The fourth-order valence-electron chi connectivity index (χ4n) is 4.81. The number of aryl methyl sites for hydroxylation is 1.